The zero-order chi connectivity index (χ0) is 12.0. The van der Waals surface area contributed by atoms with Crippen LogP contribution < -0.4 is 10.7 Å². The van der Waals surface area contributed by atoms with Crippen LogP contribution in [-0.2, 0) is 9.59 Å². The molecule has 90 valence electrons. The molecule has 0 atom stereocenters. The maximum absolute atomic E-state index is 11.3. The normalized spacial score (nSPS) is 15.8. The highest BCUT2D eigenvalue weighted by molar-refractivity contribution is 6.35. The summed E-state index contributed by atoms with van der Waals surface area (Å²) in [4.78, 5) is 22.5. The lowest BCUT2D eigenvalue weighted by molar-refractivity contribution is -0.139. The van der Waals surface area contributed by atoms with E-state index >= 15 is 0 Å². The molecule has 0 bridgehead atoms. The molecule has 1 saturated carbocycles. The monoisotopic (exact) mass is 225 g/mol. The van der Waals surface area contributed by atoms with Gasteiger partial charge in [0, 0.05) is 11.8 Å². The molecule has 1 aliphatic carbocycles. The highest BCUT2D eigenvalue weighted by Crippen LogP contribution is 2.13. The smallest absolute Gasteiger partial charge is 0.329 e. The van der Waals surface area contributed by atoms with Crippen LogP contribution in [0.1, 0.15) is 46.0 Å². The van der Waals surface area contributed by atoms with Crippen molar-refractivity contribution in [1.29, 1.82) is 0 Å². The summed E-state index contributed by atoms with van der Waals surface area (Å²) in [6, 6.07) is -0.0411. The Bertz CT molecular complexity index is 290. The minimum atomic E-state index is -0.688. The van der Waals surface area contributed by atoms with Crippen molar-refractivity contribution in [2.45, 2.75) is 52.0 Å². The van der Waals surface area contributed by atoms with E-state index in [1.807, 2.05) is 0 Å². The Labute approximate surface area is 95.7 Å². The largest absolute Gasteiger partial charge is 0.346 e. The third-order valence-corrected chi connectivity index (χ3v) is 2.37. The first-order valence-electron chi connectivity index (χ1n) is 5.76. The van der Waals surface area contributed by atoms with Crippen molar-refractivity contribution in [2.24, 2.45) is 5.10 Å². The number of rotatable bonds is 2. The Balaban J connectivity index is 2.36. The number of hydrogen-bond acceptors (Lipinski definition) is 3. The molecule has 2 N–H and O–H groups in total. The Hall–Kier alpha value is -1.39. The summed E-state index contributed by atoms with van der Waals surface area (Å²) in [6.07, 6.45) is 5.30. The number of nitrogens with one attached hydrogen (secondary N) is 2. The fraction of sp³-hybridized carbons (Fsp3) is 0.727. The molecule has 2 amide bonds. The lowest BCUT2D eigenvalue weighted by atomic mass is 9.99. The van der Waals surface area contributed by atoms with Gasteiger partial charge >= 0.3 is 11.8 Å². The van der Waals surface area contributed by atoms with Gasteiger partial charge in [-0.1, -0.05) is 6.42 Å². The number of carbonyl (C=O) groups is 2. The Morgan fingerprint density at radius 3 is 2.31 bits per heavy atom. The first-order chi connectivity index (χ1) is 7.59. The lowest BCUT2D eigenvalue weighted by Gasteiger charge is -2.12. The van der Waals surface area contributed by atoms with Gasteiger partial charge in [0.2, 0.25) is 0 Å². The van der Waals surface area contributed by atoms with Crippen molar-refractivity contribution in [3.05, 3.63) is 0 Å². The minimum absolute atomic E-state index is 0.0411. The van der Waals surface area contributed by atoms with Crippen molar-refractivity contribution in [3.8, 4) is 0 Å². The molecule has 16 heavy (non-hydrogen) atoms. The molecule has 0 aliphatic heterocycles. The predicted octanol–water partition coefficient (Wildman–Crippen LogP) is 0.947. The topological polar surface area (TPSA) is 70.6 Å². The predicted molar refractivity (Wildman–Crippen MR) is 61.9 cm³/mol. The molecule has 5 heteroatoms. The van der Waals surface area contributed by atoms with Crippen LogP contribution in [0.5, 0.6) is 0 Å². The van der Waals surface area contributed by atoms with Gasteiger partial charge in [0.1, 0.15) is 0 Å². The van der Waals surface area contributed by atoms with Gasteiger partial charge in [0.05, 0.1) is 0 Å². The van der Waals surface area contributed by atoms with Gasteiger partial charge in [-0.05, 0) is 39.5 Å². The number of nitrogens with zero attached hydrogens (tertiary/aromatic N) is 1. The van der Waals surface area contributed by atoms with Crippen LogP contribution in [0.2, 0.25) is 0 Å². The molecule has 5 nitrogen and oxygen atoms in total. The van der Waals surface area contributed by atoms with E-state index in [0.717, 1.165) is 31.4 Å². The number of carbonyl (C=O) groups excluding carboxylic acids is 2. The zero-order valence-electron chi connectivity index (χ0n) is 9.88. The summed E-state index contributed by atoms with van der Waals surface area (Å²) < 4.78 is 0. The van der Waals surface area contributed by atoms with Crippen molar-refractivity contribution in [1.82, 2.24) is 10.7 Å². The molecule has 1 rings (SSSR count). The highest BCUT2D eigenvalue weighted by Gasteiger charge is 2.14. The van der Waals surface area contributed by atoms with Crippen molar-refractivity contribution in [3.63, 3.8) is 0 Å². The van der Waals surface area contributed by atoms with Gasteiger partial charge in [0.25, 0.3) is 0 Å². The van der Waals surface area contributed by atoms with Crippen LogP contribution >= 0.6 is 0 Å². The Kier molecular flexibility index (Phi) is 4.95. The second-order valence-corrected chi connectivity index (χ2v) is 4.31. The zero-order valence-corrected chi connectivity index (χ0v) is 9.88. The summed E-state index contributed by atoms with van der Waals surface area (Å²) in [5.41, 5.74) is 3.28. The van der Waals surface area contributed by atoms with Crippen molar-refractivity contribution >= 4 is 17.5 Å². The van der Waals surface area contributed by atoms with E-state index in [0.29, 0.717) is 0 Å². The standard InChI is InChI=1S/C11H19N3O2/c1-8(2)12-10(15)11(16)14-13-9-6-4-3-5-7-9/h8H,3-7H2,1-2H3,(H,12,15)(H,14,16). The van der Waals surface area contributed by atoms with Crippen LogP contribution in [0, 0.1) is 0 Å². The van der Waals surface area contributed by atoms with Gasteiger partial charge in [0.15, 0.2) is 0 Å². The maximum atomic E-state index is 11.3. The molecule has 0 aromatic heterocycles. The number of amides is 2. The minimum Gasteiger partial charge on any atom is -0.346 e. The lowest BCUT2D eigenvalue weighted by Crippen LogP contribution is -2.41. The third kappa shape index (κ3) is 4.42. The molecule has 0 spiro atoms. The van der Waals surface area contributed by atoms with E-state index in [2.05, 4.69) is 15.8 Å². The van der Waals surface area contributed by atoms with Crippen molar-refractivity contribution < 1.29 is 9.59 Å². The summed E-state index contributed by atoms with van der Waals surface area (Å²) >= 11 is 0. The fourth-order valence-corrected chi connectivity index (χ4v) is 1.58. The molecule has 0 radical (unpaired) electrons. The molecule has 1 fully saturated rings. The molecule has 0 aromatic rings. The van der Waals surface area contributed by atoms with Crippen LogP contribution in [0.25, 0.3) is 0 Å². The summed E-state index contributed by atoms with van der Waals surface area (Å²) in [7, 11) is 0. The average molecular weight is 225 g/mol. The average Bonchev–Trinajstić information content (AvgIpc) is 2.26. The van der Waals surface area contributed by atoms with Gasteiger partial charge in [-0.25, -0.2) is 5.43 Å². The van der Waals surface area contributed by atoms with E-state index in [1.54, 1.807) is 13.8 Å². The fourth-order valence-electron chi connectivity index (χ4n) is 1.58. The molecular weight excluding hydrogens is 206 g/mol. The van der Waals surface area contributed by atoms with E-state index in [9.17, 15) is 9.59 Å². The van der Waals surface area contributed by atoms with Gasteiger partial charge in [-0.15, -0.1) is 0 Å². The van der Waals surface area contributed by atoms with Gasteiger partial charge in [-0.3, -0.25) is 9.59 Å². The molecule has 0 saturated heterocycles. The van der Waals surface area contributed by atoms with Gasteiger partial charge in [-0.2, -0.15) is 5.10 Å². The van der Waals surface area contributed by atoms with E-state index < -0.39 is 11.8 Å². The quantitative estimate of drug-likeness (QED) is 0.542. The number of hydrogen-bond donors (Lipinski definition) is 2. The second-order valence-electron chi connectivity index (χ2n) is 4.31. The molecule has 0 unspecified atom stereocenters. The molecule has 0 heterocycles. The SMILES string of the molecule is CC(C)NC(=O)C(=O)NN=C1CCCCC1. The van der Waals surface area contributed by atoms with Crippen LogP contribution in [0.4, 0.5) is 0 Å². The Morgan fingerprint density at radius 2 is 1.75 bits per heavy atom. The summed E-state index contributed by atoms with van der Waals surface area (Å²) in [6.45, 7) is 3.61. The Morgan fingerprint density at radius 1 is 1.12 bits per heavy atom. The molecule has 0 aromatic carbocycles. The third-order valence-electron chi connectivity index (χ3n) is 2.37. The van der Waals surface area contributed by atoms with Gasteiger partial charge < -0.3 is 5.32 Å². The number of hydrazone groups is 1. The summed E-state index contributed by atoms with van der Waals surface area (Å²) in [5.74, 6) is -1.32. The van der Waals surface area contributed by atoms with E-state index in [-0.39, 0.29) is 6.04 Å². The molecule has 1 aliphatic rings. The van der Waals surface area contributed by atoms with Crippen molar-refractivity contribution in [2.75, 3.05) is 0 Å². The maximum Gasteiger partial charge on any atom is 0.329 e. The van der Waals surface area contributed by atoms with Crippen LogP contribution in [0.15, 0.2) is 5.10 Å². The second kappa shape index (κ2) is 6.25. The first kappa shape index (κ1) is 12.7. The van der Waals surface area contributed by atoms with Crippen LogP contribution in [0.3, 0.4) is 0 Å². The van der Waals surface area contributed by atoms with Crippen LogP contribution in [-0.4, -0.2) is 23.6 Å². The molecular formula is C11H19N3O2. The highest BCUT2D eigenvalue weighted by atomic mass is 16.2. The first-order valence-corrected chi connectivity index (χ1v) is 5.76. The summed E-state index contributed by atoms with van der Waals surface area (Å²) in [5, 5.41) is 6.48. The van der Waals surface area contributed by atoms with E-state index in [1.165, 1.54) is 6.42 Å². The van der Waals surface area contributed by atoms with E-state index in [4.69, 9.17) is 0 Å².